The van der Waals surface area contributed by atoms with Crippen molar-refractivity contribution in [3.05, 3.63) is 89.0 Å². The van der Waals surface area contributed by atoms with Crippen molar-refractivity contribution in [2.45, 2.75) is 6.61 Å². The van der Waals surface area contributed by atoms with Crippen LogP contribution in [-0.4, -0.2) is 47.3 Å². The molecule has 0 saturated heterocycles. The number of hydrogen-bond acceptors (Lipinski definition) is 8. The van der Waals surface area contributed by atoms with Crippen LogP contribution in [0.25, 0.3) is 10.9 Å². The molecule has 0 saturated carbocycles. The van der Waals surface area contributed by atoms with E-state index in [9.17, 15) is 4.39 Å². The van der Waals surface area contributed by atoms with Gasteiger partial charge >= 0.3 is 0 Å². The summed E-state index contributed by atoms with van der Waals surface area (Å²) in [6.07, 6.45) is 3.27. The molecule has 3 aromatic carbocycles. The maximum absolute atomic E-state index is 13.4. The lowest BCUT2D eigenvalue weighted by Crippen LogP contribution is -2.32. The third-order valence-corrected chi connectivity index (χ3v) is 5.78. The van der Waals surface area contributed by atoms with Gasteiger partial charge in [-0.3, -0.25) is 0 Å². The standard InChI is InChI=1S/C26H23ClFN7O/c1-35(26-29-9-10-30-26)33-14-17-5-7-23-21(12-17)25(32-16-31-23)34-20-6-8-24(22(27)13-20)36-15-18-3-2-4-19(28)11-18/h2-8,11-14,16H,9-10,15H2,1H3,(H,29,30)(H,31,32,34)/b33-14+. The first kappa shape index (κ1) is 23.5. The predicted molar refractivity (Wildman–Crippen MR) is 141 cm³/mol. The number of nitrogens with zero attached hydrogens (tertiary/aromatic N) is 5. The van der Waals surface area contributed by atoms with Crippen LogP contribution in [0.4, 0.5) is 15.9 Å². The van der Waals surface area contributed by atoms with Crippen LogP contribution < -0.4 is 15.4 Å². The fourth-order valence-electron chi connectivity index (χ4n) is 3.68. The Hall–Kier alpha value is -4.24. The van der Waals surface area contributed by atoms with Crippen LogP contribution in [0.15, 0.2) is 77.1 Å². The van der Waals surface area contributed by atoms with E-state index in [4.69, 9.17) is 16.3 Å². The van der Waals surface area contributed by atoms with Gasteiger partial charge in [-0.15, -0.1) is 0 Å². The van der Waals surface area contributed by atoms with Crippen LogP contribution >= 0.6 is 11.6 Å². The van der Waals surface area contributed by atoms with Gasteiger partial charge in [-0.05, 0) is 53.6 Å². The van der Waals surface area contributed by atoms with E-state index in [0.29, 0.717) is 16.6 Å². The number of fused-ring (bicyclic) bond motifs is 1. The number of benzene rings is 3. The molecule has 0 aliphatic carbocycles. The molecule has 1 aromatic heterocycles. The first-order chi connectivity index (χ1) is 17.5. The van der Waals surface area contributed by atoms with E-state index in [1.165, 1.54) is 18.5 Å². The smallest absolute Gasteiger partial charge is 0.214 e. The van der Waals surface area contributed by atoms with Gasteiger partial charge < -0.3 is 15.4 Å². The molecule has 0 spiro atoms. The average molecular weight is 504 g/mol. The molecular weight excluding hydrogens is 481 g/mol. The third kappa shape index (κ3) is 5.52. The minimum atomic E-state index is -0.305. The Morgan fingerprint density at radius 3 is 2.89 bits per heavy atom. The quantitative estimate of drug-likeness (QED) is 0.273. The largest absolute Gasteiger partial charge is 0.487 e. The molecule has 10 heteroatoms. The molecule has 0 bridgehead atoms. The Labute approximate surface area is 212 Å². The summed E-state index contributed by atoms with van der Waals surface area (Å²) in [5, 5.41) is 13.9. The van der Waals surface area contributed by atoms with E-state index >= 15 is 0 Å². The fraction of sp³-hybridized carbons (Fsp3) is 0.154. The lowest BCUT2D eigenvalue weighted by molar-refractivity contribution is 0.306. The second-order valence-electron chi connectivity index (χ2n) is 8.09. The van der Waals surface area contributed by atoms with Crippen molar-refractivity contribution < 1.29 is 9.13 Å². The number of ether oxygens (including phenoxy) is 1. The number of halogens is 2. The number of aromatic nitrogens is 2. The summed E-state index contributed by atoms with van der Waals surface area (Å²) in [5.74, 6) is 1.58. The van der Waals surface area contributed by atoms with Crippen molar-refractivity contribution >= 4 is 46.2 Å². The Bertz CT molecular complexity index is 1460. The monoisotopic (exact) mass is 503 g/mol. The highest BCUT2D eigenvalue weighted by molar-refractivity contribution is 6.32. The molecule has 0 amide bonds. The van der Waals surface area contributed by atoms with Crippen molar-refractivity contribution in [3.63, 3.8) is 0 Å². The summed E-state index contributed by atoms with van der Waals surface area (Å²) >= 11 is 6.45. The summed E-state index contributed by atoms with van der Waals surface area (Å²) in [6.45, 7) is 1.78. The summed E-state index contributed by atoms with van der Waals surface area (Å²) < 4.78 is 19.2. The van der Waals surface area contributed by atoms with E-state index in [-0.39, 0.29) is 12.4 Å². The van der Waals surface area contributed by atoms with Gasteiger partial charge in [0.1, 0.15) is 30.3 Å². The molecule has 8 nitrogen and oxygen atoms in total. The van der Waals surface area contributed by atoms with Crippen molar-refractivity contribution in [1.82, 2.24) is 20.3 Å². The number of hydrogen-bond donors (Lipinski definition) is 2. The van der Waals surface area contributed by atoms with Crippen molar-refractivity contribution in [2.75, 3.05) is 25.5 Å². The number of nitrogens with one attached hydrogen (secondary N) is 2. The van der Waals surface area contributed by atoms with E-state index in [1.807, 2.05) is 31.3 Å². The van der Waals surface area contributed by atoms with Crippen LogP contribution in [0, 0.1) is 5.82 Å². The SMILES string of the molecule is CN(/N=C/c1ccc2ncnc(Nc3ccc(OCc4cccc(F)c4)c(Cl)c3)c2c1)C1=NCCN1. The normalized spacial score (nSPS) is 13.0. The molecule has 4 aromatic rings. The lowest BCUT2D eigenvalue weighted by Gasteiger charge is -2.13. The summed E-state index contributed by atoms with van der Waals surface area (Å²) in [6, 6.07) is 17.5. The first-order valence-electron chi connectivity index (χ1n) is 11.3. The molecule has 0 atom stereocenters. The predicted octanol–water partition coefficient (Wildman–Crippen LogP) is 4.97. The van der Waals surface area contributed by atoms with Crippen LogP contribution in [-0.2, 0) is 6.61 Å². The maximum atomic E-state index is 13.4. The molecule has 36 heavy (non-hydrogen) atoms. The minimum Gasteiger partial charge on any atom is -0.487 e. The highest BCUT2D eigenvalue weighted by Crippen LogP contribution is 2.31. The Kier molecular flexibility index (Phi) is 6.90. The van der Waals surface area contributed by atoms with Gasteiger partial charge in [-0.25, -0.2) is 24.4 Å². The van der Waals surface area contributed by atoms with E-state index in [2.05, 4.69) is 30.7 Å². The number of hydrazone groups is 1. The van der Waals surface area contributed by atoms with Gasteiger partial charge in [0.25, 0.3) is 0 Å². The highest BCUT2D eigenvalue weighted by atomic mass is 35.5. The number of guanidine groups is 1. The van der Waals surface area contributed by atoms with Gasteiger partial charge in [0.2, 0.25) is 5.96 Å². The van der Waals surface area contributed by atoms with Gasteiger partial charge in [0.15, 0.2) is 0 Å². The summed E-state index contributed by atoms with van der Waals surface area (Å²) in [7, 11) is 1.85. The average Bonchev–Trinajstić information content (AvgIpc) is 3.42. The number of rotatable bonds is 7. The Morgan fingerprint density at radius 1 is 1.17 bits per heavy atom. The summed E-state index contributed by atoms with van der Waals surface area (Å²) in [4.78, 5) is 13.1. The van der Waals surface area contributed by atoms with Crippen LogP contribution in [0.1, 0.15) is 11.1 Å². The Balaban J connectivity index is 1.32. The zero-order valence-electron chi connectivity index (χ0n) is 19.4. The fourth-order valence-corrected chi connectivity index (χ4v) is 3.92. The van der Waals surface area contributed by atoms with Gasteiger partial charge in [0, 0.05) is 24.7 Å². The van der Waals surface area contributed by atoms with Crippen molar-refractivity contribution in [2.24, 2.45) is 10.1 Å². The van der Waals surface area contributed by atoms with Crippen molar-refractivity contribution in [1.29, 1.82) is 0 Å². The van der Waals surface area contributed by atoms with Crippen LogP contribution in [0.3, 0.4) is 0 Å². The van der Waals surface area contributed by atoms with Crippen molar-refractivity contribution in [3.8, 4) is 5.75 Å². The highest BCUT2D eigenvalue weighted by Gasteiger charge is 2.10. The molecule has 0 radical (unpaired) electrons. The minimum absolute atomic E-state index is 0.212. The molecule has 5 rings (SSSR count). The second-order valence-corrected chi connectivity index (χ2v) is 8.50. The molecule has 2 heterocycles. The molecule has 1 aliphatic rings. The second kappa shape index (κ2) is 10.6. The van der Waals surface area contributed by atoms with Gasteiger partial charge in [-0.1, -0.05) is 29.8 Å². The number of aliphatic imine (C=N–C) groups is 1. The molecule has 2 N–H and O–H groups in total. The zero-order chi connectivity index (χ0) is 24.9. The molecule has 0 unspecified atom stereocenters. The molecule has 1 aliphatic heterocycles. The van der Waals surface area contributed by atoms with Crippen LogP contribution in [0.2, 0.25) is 5.02 Å². The maximum Gasteiger partial charge on any atom is 0.214 e. The van der Waals surface area contributed by atoms with E-state index < -0.39 is 0 Å². The zero-order valence-corrected chi connectivity index (χ0v) is 20.2. The molecular formula is C26H23ClFN7O. The van der Waals surface area contributed by atoms with E-state index in [0.717, 1.165) is 46.8 Å². The van der Waals surface area contributed by atoms with E-state index in [1.54, 1.807) is 35.5 Å². The van der Waals surface area contributed by atoms with Gasteiger partial charge in [0.05, 0.1) is 23.3 Å². The number of anilines is 2. The topological polar surface area (TPSA) is 87.0 Å². The third-order valence-electron chi connectivity index (χ3n) is 5.48. The van der Waals surface area contributed by atoms with Gasteiger partial charge in [-0.2, -0.15) is 5.10 Å². The first-order valence-corrected chi connectivity index (χ1v) is 11.7. The molecule has 182 valence electrons. The van der Waals surface area contributed by atoms with Crippen LogP contribution in [0.5, 0.6) is 5.75 Å². The Morgan fingerprint density at radius 2 is 2.08 bits per heavy atom. The molecule has 0 fully saturated rings. The summed E-state index contributed by atoms with van der Waals surface area (Å²) in [5.41, 5.74) is 3.15. The lowest BCUT2D eigenvalue weighted by atomic mass is 10.1.